The second-order valence-electron chi connectivity index (χ2n) is 7.66. The SMILES string of the molecule is CCc1cc(CN2C[C@H]3CC[C@@H]2CN(Cc2c(C)noc2C)C3)on1. The quantitative estimate of drug-likeness (QED) is 0.831. The van der Waals surface area contributed by atoms with E-state index in [2.05, 4.69) is 33.1 Å². The van der Waals surface area contributed by atoms with Crippen LogP contribution in [-0.2, 0) is 19.5 Å². The van der Waals surface area contributed by atoms with Crippen molar-refractivity contribution in [3.8, 4) is 0 Å². The maximum atomic E-state index is 5.52. The zero-order chi connectivity index (χ0) is 17.4. The molecule has 6 nitrogen and oxygen atoms in total. The lowest BCUT2D eigenvalue weighted by Gasteiger charge is -2.35. The number of piperidine rings is 1. The summed E-state index contributed by atoms with van der Waals surface area (Å²) in [5.74, 6) is 2.69. The van der Waals surface area contributed by atoms with E-state index in [-0.39, 0.29) is 0 Å². The van der Waals surface area contributed by atoms with Crippen LogP contribution < -0.4 is 0 Å². The number of aryl methyl sites for hydroxylation is 3. The van der Waals surface area contributed by atoms with Gasteiger partial charge in [-0.25, -0.2) is 0 Å². The van der Waals surface area contributed by atoms with E-state index >= 15 is 0 Å². The number of aromatic nitrogens is 2. The first-order valence-corrected chi connectivity index (χ1v) is 9.45. The van der Waals surface area contributed by atoms with E-state index in [1.54, 1.807) is 0 Å². The Hall–Kier alpha value is -1.66. The molecular weight excluding hydrogens is 316 g/mol. The van der Waals surface area contributed by atoms with Crippen molar-refractivity contribution in [3.05, 3.63) is 34.5 Å². The van der Waals surface area contributed by atoms with Gasteiger partial charge in [0.05, 0.1) is 17.9 Å². The number of hydrogen-bond acceptors (Lipinski definition) is 6. The van der Waals surface area contributed by atoms with Crippen LogP contribution in [0, 0.1) is 19.8 Å². The van der Waals surface area contributed by atoms with Gasteiger partial charge in [-0.3, -0.25) is 9.80 Å². The van der Waals surface area contributed by atoms with Gasteiger partial charge >= 0.3 is 0 Å². The van der Waals surface area contributed by atoms with Gasteiger partial charge in [0.1, 0.15) is 5.76 Å². The minimum Gasteiger partial charge on any atom is -0.361 e. The third-order valence-corrected chi connectivity index (χ3v) is 5.79. The van der Waals surface area contributed by atoms with Crippen molar-refractivity contribution >= 4 is 0 Å². The zero-order valence-corrected chi connectivity index (χ0v) is 15.5. The predicted octanol–water partition coefficient (Wildman–Crippen LogP) is 2.94. The van der Waals surface area contributed by atoms with Crippen LogP contribution in [0.2, 0.25) is 0 Å². The lowest BCUT2D eigenvalue weighted by atomic mass is 9.95. The highest BCUT2D eigenvalue weighted by Gasteiger charge is 2.35. The number of fused-ring (bicyclic) bond motifs is 4. The van der Waals surface area contributed by atoms with Crippen LogP contribution in [0.25, 0.3) is 0 Å². The first kappa shape index (κ1) is 16.8. The second kappa shape index (κ2) is 6.92. The van der Waals surface area contributed by atoms with Crippen molar-refractivity contribution < 1.29 is 9.05 Å². The Morgan fingerprint density at radius 3 is 2.68 bits per heavy atom. The molecule has 6 heteroatoms. The van der Waals surface area contributed by atoms with Crippen LogP contribution in [0.5, 0.6) is 0 Å². The minimum absolute atomic E-state index is 0.592. The first-order valence-electron chi connectivity index (χ1n) is 9.45. The second-order valence-corrected chi connectivity index (χ2v) is 7.66. The monoisotopic (exact) mass is 344 g/mol. The van der Waals surface area contributed by atoms with Gasteiger partial charge in [-0.1, -0.05) is 17.2 Å². The summed E-state index contributed by atoms with van der Waals surface area (Å²) in [6.07, 6.45) is 3.54. The predicted molar refractivity (Wildman–Crippen MR) is 94.1 cm³/mol. The molecule has 0 N–H and O–H groups in total. The molecule has 2 atom stereocenters. The van der Waals surface area contributed by atoms with Crippen molar-refractivity contribution in [2.75, 3.05) is 19.6 Å². The van der Waals surface area contributed by atoms with Crippen molar-refractivity contribution in [1.29, 1.82) is 0 Å². The molecule has 0 aromatic carbocycles. The highest BCUT2D eigenvalue weighted by Crippen LogP contribution is 2.30. The molecule has 3 fully saturated rings. The summed E-state index contributed by atoms with van der Waals surface area (Å²) in [6.45, 7) is 11.4. The molecule has 0 amide bonds. The fraction of sp³-hybridized carbons (Fsp3) is 0.684. The Bertz CT molecular complexity index is 703. The number of rotatable bonds is 5. The van der Waals surface area contributed by atoms with Crippen molar-refractivity contribution in [2.24, 2.45) is 5.92 Å². The van der Waals surface area contributed by atoms with Crippen molar-refractivity contribution in [3.63, 3.8) is 0 Å². The summed E-state index contributed by atoms with van der Waals surface area (Å²) in [7, 11) is 0. The molecule has 136 valence electrons. The van der Waals surface area contributed by atoms with E-state index in [4.69, 9.17) is 9.05 Å². The third-order valence-electron chi connectivity index (χ3n) is 5.79. The van der Waals surface area contributed by atoms with Gasteiger partial charge in [-0.05, 0) is 39.0 Å². The van der Waals surface area contributed by atoms with Gasteiger partial charge in [-0.2, -0.15) is 0 Å². The van der Waals surface area contributed by atoms with Crippen LogP contribution in [0.1, 0.15) is 48.2 Å². The average Bonchev–Trinajstić information content (AvgIpc) is 3.06. The molecule has 2 aromatic rings. The van der Waals surface area contributed by atoms with E-state index in [0.717, 1.165) is 68.0 Å². The van der Waals surface area contributed by atoms with Crippen molar-refractivity contribution in [1.82, 2.24) is 20.1 Å². The van der Waals surface area contributed by atoms with Gasteiger partial charge in [0, 0.05) is 43.9 Å². The normalized spacial score (nSPS) is 24.8. The van der Waals surface area contributed by atoms with E-state index in [1.807, 2.05) is 13.8 Å². The molecule has 5 rings (SSSR count). The molecule has 2 bridgehead atoms. The summed E-state index contributed by atoms with van der Waals surface area (Å²) in [6, 6.07) is 2.70. The lowest BCUT2D eigenvalue weighted by molar-refractivity contribution is 0.111. The maximum absolute atomic E-state index is 5.52. The Morgan fingerprint density at radius 2 is 1.96 bits per heavy atom. The maximum Gasteiger partial charge on any atom is 0.150 e. The molecule has 3 aliphatic heterocycles. The fourth-order valence-electron chi connectivity index (χ4n) is 4.35. The molecule has 0 aliphatic carbocycles. The molecule has 3 saturated heterocycles. The Labute approximate surface area is 149 Å². The van der Waals surface area contributed by atoms with Gasteiger partial charge < -0.3 is 9.05 Å². The van der Waals surface area contributed by atoms with Crippen molar-refractivity contribution in [2.45, 2.75) is 59.2 Å². The Morgan fingerprint density at radius 1 is 1.08 bits per heavy atom. The average molecular weight is 344 g/mol. The number of hydrogen-bond donors (Lipinski definition) is 0. The van der Waals surface area contributed by atoms with Crippen LogP contribution >= 0.6 is 0 Å². The molecule has 0 unspecified atom stereocenters. The van der Waals surface area contributed by atoms with Gasteiger partial charge in [0.2, 0.25) is 0 Å². The molecule has 25 heavy (non-hydrogen) atoms. The van der Waals surface area contributed by atoms with E-state index in [9.17, 15) is 0 Å². The summed E-state index contributed by atoms with van der Waals surface area (Å²) in [5, 5.41) is 8.25. The van der Waals surface area contributed by atoms with Gasteiger partial charge in [0.15, 0.2) is 5.76 Å². The Kier molecular flexibility index (Phi) is 4.65. The smallest absolute Gasteiger partial charge is 0.150 e. The highest BCUT2D eigenvalue weighted by atomic mass is 16.5. The molecule has 3 aliphatic rings. The first-order chi connectivity index (χ1) is 12.1. The zero-order valence-electron chi connectivity index (χ0n) is 15.5. The summed E-state index contributed by atoms with van der Waals surface area (Å²) in [4.78, 5) is 5.19. The topological polar surface area (TPSA) is 58.5 Å². The van der Waals surface area contributed by atoms with Crippen LogP contribution in [0.15, 0.2) is 15.1 Å². The highest BCUT2D eigenvalue weighted by molar-refractivity contribution is 5.20. The van der Waals surface area contributed by atoms with Gasteiger partial charge in [0.25, 0.3) is 0 Å². The Balaban J connectivity index is 1.45. The van der Waals surface area contributed by atoms with Crippen LogP contribution in [0.4, 0.5) is 0 Å². The largest absolute Gasteiger partial charge is 0.361 e. The minimum atomic E-state index is 0.592. The lowest BCUT2D eigenvalue weighted by Crippen LogP contribution is -2.43. The van der Waals surface area contributed by atoms with Crippen LogP contribution in [-0.4, -0.2) is 45.8 Å². The van der Waals surface area contributed by atoms with E-state index in [0.29, 0.717) is 6.04 Å². The third kappa shape index (κ3) is 3.51. The molecule has 0 saturated carbocycles. The number of nitrogens with zero attached hydrogens (tertiary/aromatic N) is 4. The summed E-state index contributed by atoms with van der Waals surface area (Å²) < 4.78 is 10.9. The summed E-state index contributed by atoms with van der Waals surface area (Å²) in [5.41, 5.74) is 3.34. The summed E-state index contributed by atoms with van der Waals surface area (Å²) >= 11 is 0. The fourth-order valence-corrected chi connectivity index (χ4v) is 4.35. The molecule has 0 spiro atoms. The van der Waals surface area contributed by atoms with E-state index < -0.39 is 0 Å². The van der Waals surface area contributed by atoms with Gasteiger partial charge in [-0.15, -0.1) is 0 Å². The molecule has 0 radical (unpaired) electrons. The van der Waals surface area contributed by atoms with Crippen LogP contribution in [0.3, 0.4) is 0 Å². The molecular formula is C19H28N4O2. The molecule has 5 heterocycles. The molecule has 2 aromatic heterocycles. The van der Waals surface area contributed by atoms with E-state index in [1.165, 1.54) is 18.4 Å². The standard InChI is InChI=1S/C19H28N4O2/c1-4-16-7-18(25-21-16)11-23-9-15-5-6-17(23)10-22(8-15)12-19-13(2)20-24-14(19)3/h7,15,17H,4-6,8-12H2,1-3H3/t15-,17+/m0/s1.